The fraction of sp³-hybridized carbons (Fsp3) is 0.385. The Labute approximate surface area is 116 Å². The summed E-state index contributed by atoms with van der Waals surface area (Å²) in [6, 6.07) is 6.42. The number of benzene rings is 1. The molecule has 0 aliphatic rings. The first kappa shape index (κ1) is 14.1. The van der Waals surface area contributed by atoms with Crippen molar-refractivity contribution in [1.82, 2.24) is 20.6 Å². The van der Waals surface area contributed by atoms with E-state index in [1.54, 1.807) is 13.1 Å². The number of carbonyl (C=O) groups excluding carboxylic acids is 1. The van der Waals surface area contributed by atoms with Crippen molar-refractivity contribution in [2.75, 3.05) is 11.9 Å². The molecule has 0 fully saturated rings. The van der Waals surface area contributed by atoms with Crippen LogP contribution in [-0.2, 0) is 11.2 Å². The van der Waals surface area contributed by atoms with Gasteiger partial charge >= 0.3 is 0 Å². The molecule has 106 valence electrons. The lowest BCUT2D eigenvalue weighted by atomic mass is 9.97. The van der Waals surface area contributed by atoms with Crippen molar-refractivity contribution in [3.05, 3.63) is 35.6 Å². The summed E-state index contributed by atoms with van der Waals surface area (Å²) in [5.41, 5.74) is 0.882. The van der Waals surface area contributed by atoms with Crippen LogP contribution in [0.4, 0.5) is 10.3 Å². The number of halogens is 1. The monoisotopic (exact) mass is 277 g/mol. The van der Waals surface area contributed by atoms with E-state index in [0.29, 0.717) is 12.8 Å². The van der Waals surface area contributed by atoms with Gasteiger partial charge in [0, 0.05) is 13.5 Å². The second-order valence-corrected chi connectivity index (χ2v) is 4.81. The van der Waals surface area contributed by atoms with Crippen molar-refractivity contribution in [3.8, 4) is 0 Å². The predicted molar refractivity (Wildman–Crippen MR) is 71.5 cm³/mol. The lowest BCUT2D eigenvalue weighted by Crippen LogP contribution is -2.29. The van der Waals surface area contributed by atoms with Crippen molar-refractivity contribution in [2.24, 2.45) is 5.92 Å². The van der Waals surface area contributed by atoms with E-state index in [0.717, 1.165) is 5.56 Å². The van der Waals surface area contributed by atoms with Crippen molar-refractivity contribution in [1.29, 1.82) is 0 Å². The van der Waals surface area contributed by atoms with Gasteiger partial charge in [-0.2, -0.15) is 5.21 Å². The van der Waals surface area contributed by atoms with E-state index < -0.39 is 0 Å². The molecule has 0 aliphatic heterocycles. The van der Waals surface area contributed by atoms with Crippen LogP contribution in [0.1, 0.15) is 18.9 Å². The molecule has 0 saturated heterocycles. The van der Waals surface area contributed by atoms with E-state index in [4.69, 9.17) is 0 Å². The minimum atomic E-state index is -0.259. The van der Waals surface area contributed by atoms with Gasteiger partial charge < -0.3 is 0 Å². The molecule has 7 heteroatoms. The number of nitrogens with one attached hydrogen (secondary N) is 1. The van der Waals surface area contributed by atoms with Crippen LogP contribution in [0.5, 0.6) is 0 Å². The summed E-state index contributed by atoms with van der Waals surface area (Å²) in [6.45, 7) is 1.95. The minimum Gasteiger partial charge on any atom is -0.281 e. The molecule has 0 spiro atoms. The van der Waals surface area contributed by atoms with Gasteiger partial charge in [-0.05, 0) is 35.2 Å². The van der Waals surface area contributed by atoms with Gasteiger partial charge in [0.05, 0.1) is 0 Å². The predicted octanol–water partition coefficient (Wildman–Crippen LogP) is 1.57. The minimum absolute atomic E-state index is 0.0960. The summed E-state index contributed by atoms with van der Waals surface area (Å²) in [5, 5.41) is 13.2. The molecule has 1 N–H and O–H groups in total. The number of nitrogens with zero attached hydrogens (tertiary/aromatic N) is 4. The summed E-state index contributed by atoms with van der Waals surface area (Å²) in [7, 11) is 1.60. The number of carbonyl (C=O) groups is 1. The molecule has 1 aromatic heterocycles. The van der Waals surface area contributed by atoms with E-state index in [9.17, 15) is 9.18 Å². The molecule has 1 amide bonds. The van der Waals surface area contributed by atoms with Crippen LogP contribution in [0.25, 0.3) is 0 Å². The summed E-state index contributed by atoms with van der Waals surface area (Å²) < 4.78 is 13.1. The Bertz CT molecular complexity index is 572. The van der Waals surface area contributed by atoms with Gasteiger partial charge in [-0.3, -0.25) is 9.69 Å². The number of H-pyrrole nitrogens is 1. The zero-order valence-electron chi connectivity index (χ0n) is 11.4. The third-order valence-corrected chi connectivity index (χ3v) is 3.00. The number of hydrogen-bond acceptors (Lipinski definition) is 4. The van der Waals surface area contributed by atoms with Crippen LogP contribution < -0.4 is 4.90 Å². The van der Waals surface area contributed by atoms with E-state index >= 15 is 0 Å². The van der Waals surface area contributed by atoms with Gasteiger partial charge in [0.2, 0.25) is 5.91 Å². The first-order chi connectivity index (χ1) is 9.56. The number of hydrogen-bond donors (Lipinski definition) is 1. The molecule has 2 aromatic rings. The first-order valence-electron chi connectivity index (χ1n) is 6.30. The highest BCUT2D eigenvalue weighted by atomic mass is 19.1. The fourth-order valence-corrected chi connectivity index (χ4v) is 1.98. The number of aromatic amines is 1. The third-order valence-electron chi connectivity index (χ3n) is 3.00. The summed E-state index contributed by atoms with van der Waals surface area (Å²) in [4.78, 5) is 13.4. The average molecular weight is 277 g/mol. The van der Waals surface area contributed by atoms with Crippen molar-refractivity contribution < 1.29 is 9.18 Å². The molecule has 2 rings (SSSR count). The number of aromatic nitrogens is 4. The first-order valence-corrected chi connectivity index (χ1v) is 6.30. The highest BCUT2D eigenvalue weighted by Crippen LogP contribution is 2.15. The molecule has 1 atom stereocenters. The quantitative estimate of drug-likeness (QED) is 0.900. The normalized spacial score (nSPS) is 12.2. The number of tetrazole rings is 1. The SMILES string of the molecule is CC(CC(=O)N(C)c1nn[nH]n1)Cc1cccc(F)c1. The lowest BCUT2D eigenvalue weighted by molar-refractivity contribution is -0.119. The molecule has 1 aromatic carbocycles. The van der Waals surface area contributed by atoms with Crippen LogP contribution in [0, 0.1) is 11.7 Å². The third kappa shape index (κ3) is 3.59. The second kappa shape index (κ2) is 6.23. The summed E-state index contributed by atoms with van der Waals surface area (Å²) >= 11 is 0. The molecule has 1 unspecified atom stereocenters. The average Bonchev–Trinajstić information content (AvgIpc) is 2.91. The topological polar surface area (TPSA) is 74.8 Å². The fourth-order valence-electron chi connectivity index (χ4n) is 1.98. The van der Waals surface area contributed by atoms with Gasteiger partial charge in [0.1, 0.15) is 5.82 Å². The largest absolute Gasteiger partial charge is 0.281 e. The van der Waals surface area contributed by atoms with Gasteiger partial charge in [0.25, 0.3) is 5.95 Å². The molecule has 0 radical (unpaired) electrons. The smallest absolute Gasteiger partial charge is 0.272 e. The number of rotatable bonds is 5. The van der Waals surface area contributed by atoms with Crippen LogP contribution in [0.3, 0.4) is 0 Å². The van der Waals surface area contributed by atoms with E-state index in [-0.39, 0.29) is 23.6 Å². The van der Waals surface area contributed by atoms with Gasteiger partial charge in [-0.25, -0.2) is 4.39 Å². The van der Waals surface area contributed by atoms with Gasteiger partial charge in [0.15, 0.2) is 0 Å². The molecule has 0 bridgehead atoms. The van der Waals surface area contributed by atoms with Crippen LogP contribution in [0.15, 0.2) is 24.3 Å². The Morgan fingerprint density at radius 3 is 2.95 bits per heavy atom. The van der Waals surface area contributed by atoms with Crippen LogP contribution in [-0.4, -0.2) is 33.6 Å². The maximum Gasteiger partial charge on any atom is 0.272 e. The van der Waals surface area contributed by atoms with Crippen molar-refractivity contribution >= 4 is 11.9 Å². The highest BCUT2D eigenvalue weighted by Gasteiger charge is 2.17. The summed E-state index contributed by atoms with van der Waals surface area (Å²) in [6.07, 6.45) is 0.977. The number of anilines is 1. The number of amides is 1. The highest BCUT2D eigenvalue weighted by molar-refractivity contribution is 5.90. The van der Waals surface area contributed by atoms with Gasteiger partial charge in [-0.1, -0.05) is 24.2 Å². The molecular formula is C13H16FN5O. The Balaban J connectivity index is 1.91. The van der Waals surface area contributed by atoms with Crippen molar-refractivity contribution in [3.63, 3.8) is 0 Å². The Morgan fingerprint density at radius 1 is 1.50 bits per heavy atom. The lowest BCUT2D eigenvalue weighted by Gasteiger charge is -2.16. The second-order valence-electron chi connectivity index (χ2n) is 4.81. The zero-order chi connectivity index (χ0) is 14.5. The Morgan fingerprint density at radius 2 is 2.30 bits per heavy atom. The maximum atomic E-state index is 13.1. The standard InChI is InChI=1S/C13H16FN5O/c1-9(6-10-4-3-5-11(14)8-10)7-12(20)19(2)13-15-17-18-16-13/h3-5,8-9H,6-7H2,1-2H3,(H,15,16,17,18). The van der Waals surface area contributed by atoms with Gasteiger partial charge in [-0.15, -0.1) is 5.10 Å². The molecular weight excluding hydrogens is 261 g/mol. The maximum absolute atomic E-state index is 13.1. The Kier molecular flexibility index (Phi) is 4.39. The molecule has 1 heterocycles. The van der Waals surface area contributed by atoms with Crippen LogP contribution in [0.2, 0.25) is 0 Å². The molecule has 6 nitrogen and oxygen atoms in total. The molecule has 0 aliphatic carbocycles. The summed E-state index contributed by atoms with van der Waals surface area (Å²) in [5.74, 6) is -0.0214. The van der Waals surface area contributed by atoms with E-state index in [2.05, 4.69) is 20.6 Å². The van der Waals surface area contributed by atoms with Crippen LogP contribution >= 0.6 is 0 Å². The molecule has 20 heavy (non-hydrogen) atoms. The zero-order valence-corrected chi connectivity index (χ0v) is 11.4. The van der Waals surface area contributed by atoms with Crippen molar-refractivity contribution in [2.45, 2.75) is 19.8 Å². The molecule has 0 saturated carbocycles. The Hall–Kier alpha value is -2.31. The van der Waals surface area contributed by atoms with E-state index in [1.165, 1.54) is 17.0 Å². The van der Waals surface area contributed by atoms with E-state index in [1.807, 2.05) is 13.0 Å².